The molecule has 0 saturated heterocycles. The van der Waals surface area contributed by atoms with Crippen molar-refractivity contribution < 1.29 is 22.4 Å². The van der Waals surface area contributed by atoms with Gasteiger partial charge in [-0.1, -0.05) is 11.6 Å². The molecule has 1 aromatic heterocycles. The number of anilines is 1. The SMILES string of the molecule is Cc1cc(C(=O)Nc2cc(C(F)(F)F)ccc2Cl)c(C)o1. The quantitative estimate of drug-likeness (QED) is 0.862. The Morgan fingerprint density at radius 2 is 1.90 bits per heavy atom. The van der Waals surface area contributed by atoms with Crippen LogP contribution in [0.3, 0.4) is 0 Å². The number of carbonyl (C=O) groups excluding carboxylic acids is 1. The van der Waals surface area contributed by atoms with E-state index >= 15 is 0 Å². The van der Waals surface area contributed by atoms with Crippen LogP contribution in [0.15, 0.2) is 28.7 Å². The highest BCUT2D eigenvalue weighted by Gasteiger charge is 2.31. The van der Waals surface area contributed by atoms with Crippen LogP contribution in [-0.2, 0) is 6.18 Å². The van der Waals surface area contributed by atoms with Crippen LogP contribution in [0.25, 0.3) is 0 Å². The summed E-state index contributed by atoms with van der Waals surface area (Å²) < 4.78 is 43.2. The van der Waals surface area contributed by atoms with Crippen LogP contribution in [0.4, 0.5) is 18.9 Å². The molecule has 7 heteroatoms. The van der Waals surface area contributed by atoms with Gasteiger partial charge in [0.05, 0.1) is 21.8 Å². The molecule has 0 radical (unpaired) electrons. The molecule has 0 aliphatic rings. The molecule has 1 N–H and O–H groups in total. The monoisotopic (exact) mass is 317 g/mol. The molecule has 112 valence electrons. The summed E-state index contributed by atoms with van der Waals surface area (Å²) in [4.78, 5) is 12.1. The molecule has 21 heavy (non-hydrogen) atoms. The van der Waals surface area contributed by atoms with Crippen molar-refractivity contribution in [2.75, 3.05) is 5.32 Å². The standard InChI is InChI=1S/C14H11ClF3NO2/c1-7-5-10(8(2)21-7)13(20)19-12-6-9(14(16,17)18)3-4-11(12)15/h3-6H,1-2H3,(H,19,20). The van der Waals surface area contributed by atoms with Gasteiger partial charge in [0.1, 0.15) is 11.5 Å². The van der Waals surface area contributed by atoms with Gasteiger partial charge in [0.15, 0.2) is 0 Å². The summed E-state index contributed by atoms with van der Waals surface area (Å²) in [6.07, 6.45) is -4.51. The average molecular weight is 318 g/mol. The molecule has 2 aromatic rings. The Balaban J connectivity index is 2.31. The van der Waals surface area contributed by atoms with Gasteiger partial charge in [-0.25, -0.2) is 0 Å². The van der Waals surface area contributed by atoms with E-state index in [1.807, 2.05) is 0 Å². The Hall–Kier alpha value is -1.95. The zero-order valence-corrected chi connectivity index (χ0v) is 11.9. The van der Waals surface area contributed by atoms with E-state index in [1.165, 1.54) is 6.07 Å². The van der Waals surface area contributed by atoms with Crippen molar-refractivity contribution in [1.29, 1.82) is 0 Å². The first-order chi connectivity index (χ1) is 9.68. The number of carbonyl (C=O) groups is 1. The molecule has 2 rings (SSSR count). The molecule has 0 bridgehead atoms. The molecule has 0 unspecified atom stereocenters. The maximum absolute atomic E-state index is 12.7. The summed E-state index contributed by atoms with van der Waals surface area (Å²) in [7, 11) is 0. The highest BCUT2D eigenvalue weighted by atomic mass is 35.5. The first-order valence-electron chi connectivity index (χ1n) is 5.93. The predicted octanol–water partition coefficient (Wildman–Crippen LogP) is 4.82. The van der Waals surface area contributed by atoms with E-state index in [1.54, 1.807) is 13.8 Å². The summed E-state index contributed by atoms with van der Waals surface area (Å²) in [6, 6.07) is 4.24. The third-order valence-corrected chi connectivity index (χ3v) is 3.16. The Kier molecular flexibility index (Phi) is 4.00. The van der Waals surface area contributed by atoms with E-state index in [0.29, 0.717) is 11.5 Å². The third kappa shape index (κ3) is 3.39. The van der Waals surface area contributed by atoms with E-state index in [2.05, 4.69) is 5.32 Å². The molecule has 0 fully saturated rings. The largest absolute Gasteiger partial charge is 0.466 e. The maximum Gasteiger partial charge on any atom is 0.416 e. The number of furan rings is 1. The Morgan fingerprint density at radius 3 is 2.43 bits per heavy atom. The minimum Gasteiger partial charge on any atom is -0.466 e. The molecular formula is C14H11ClF3NO2. The summed E-state index contributed by atoms with van der Waals surface area (Å²) in [5.41, 5.74) is -0.738. The van der Waals surface area contributed by atoms with Crippen LogP contribution in [0.5, 0.6) is 0 Å². The van der Waals surface area contributed by atoms with E-state index in [9.17, 15) is 18.0 Å². The van der Waals surface area contributed by atoms with Gasteiger partial charge in [0.25, 0.3) is 5.91 Å². The van der Waals surface area contributed by atoms with Gasteiger partial charge < -0.3 is 9.73 Å². The molecule has 0 atom stereocenters. The number of hydrogen-bond acceptors (Lipinski definition) is 2. The molecule has 0 spiro atoms. The summed E-state index contributed by atoms with van der Waals surface area (Å²) in [5, 5.41) is 2.38. The average Bonchev–Trinajstić information content (AvgIpc) is 2.70. The number of aryl methyl sites for hydroxylation is 2. The number of benzene rings is 1. The number of hydrogen-bond donors (Lipinski definition) is 1. The fourth-order valence-electron chi connectivity index (χ4n) is 1.84. The Bertz CT molecular complexity index is 692. The lowest BCUT2D eigenvalue weighted by atomic mass is 10.1. The van der Waals surface area contributed by atoms with E-state index < -0.39 is 17.6 Å². The summed E-state index contributed by atoms with van der Waals surface area (Å²) in [5.74, 6) is 0.339. The van der Waals surface area contributed by atoms with Crippen molar-refractivity contribution >= 4 is 23.2 Å². The molecule has 3 nitrogen and oxygen atoms in total. The van der Waals surface area contributed by atoms with Crippen molar-refractivity contribution in [3.8, 4) is 0 Å². The second kappa shape index (κ2) is 5.44. The fraction of sp³-hybridized carbons (Fsp3) is 0.214. The van der Waals surface area contributed by atoms with Gasteiger partial charge in [-0.3, -0.25) is 4.79 Å². The number of amides is 1. The molecule has 1 amide bonds. The Morgan fingerprint density at radius 1 is 1.24 bits per heavy atom. The van der Waals surface area contributed by atoms with Gasteiger partial charge in [0, 0.05) is 0 Å². The van der Waals surface area contributed by atoms with Crippen molar-refractivity contribution in [3.05, 3.63) is 51.9 Å². The highest BCUT2D eigenvalue weighted by molar-refractivity contribution is 6.34. The first-order valence-corrected chi connectivity index (χ1v) is 6.31. The van der Waals surface area contributed by atoms with Crippen LogP contribution in [-0.4, -0.2) is 5.91 Å². The van der Waals surface area contributed by atoms with E-state index in [4.69, 9.17) is 16.0 Å². The van der Waals surface area contributed by atoms with Crippen molar-refractivity contribution in [1.82, 2.24) is 0 Å². The van der Waals surface area contributed by atoms with E-state index in [-0.39, 0.29) is 16.3 Å². The maximum atomic E-state index is 12.7. The zero-order valence-electron chi connectivity index (χ0n) is 11.1. The van der Waals surface area contributed by atoms with Gasteiger partial charge >= 0.3 is 6.18 Å². The topological polar surface area (TPSA) is 42.2 Å². The lowest BCUT2D eigenvalue weighted by Crippen LogP contribution is -2.14. The van der Waals surface area contributed by atoms with Gasteiger partial charge in [0.2, 0.25) is 0 Å². The van der Waals surface area contributed by atoms with Crippen LogP contribution < -0.4 is 5.32 Å². The number of halogens is 4. The van der Waals surface area contributed by atoms with Crippen LogP contribution >= 0.6 is 11.6 Å². The molecule has 0 aliphatic heterocycles. The molecule has 1 aromatic carbocycles. The predicted molar refractivity (Wildman–Crippen MR) is 72.6 cm³/mol. The van der Waals surface area contributed by atoms with Gasteiger partial charge in [-0.2, -0.15) is 13.2 Å². The zero-order chi connectivity index (χ0) is 15.8. The molecule has 0 saturated carbocycles. The highest BCUT2D eigenvalue weighted by Crippen LogP contribution is 2.34. The minimum atomic E-state index is -4.51. The van der Waals surface area contributed by atoms with Crippen molar-refractivity contribution in [2.45, 2.75) is 20.0 Å². The lowest BCUT2D eigenvalue weighted by Gasteiger charge is -2.11. The smallest absolute Gasteiger partial charge is 0.416 e. The molecule has 1 heterocycles. The van der Waals surface area contributed by atoms with E-state index in [0.717, 1.165) is 18.2 Å². The third-order valence-electron chi connectivity index (χ3n) is 2.83. The molecule has 0 aliphatic carbocycles. The van der Waals surface area contributed by atoms with Crippen LogP contribution in [0.2, 0.25) is 5.02 Å². The Labute approximate surface area is 123 Å². The van der Waals surface area contributed by atoms with Gasteiger partial charge in [-0.15, -0.1) is 0 Å². The normalized spacial score (nSPS) is 11.5. The number of nitrogens with one attached hydrogen (secondary N) is 1. The van der Waals surface area contributed by atoms with Crippen molar-refractivity contribution in [2.24, 2.45) is 0 Å². The van der Waals surface area contributed by atoms with Gasteiger partial charge in [-0.05, 0) is 38.1 Å². The minimum absolute atomic E-state index is 0.0224. The second-order valence-corrected chi connectivity index (χ2v) is 4.88. The number of alkyl halides is 3. The van der Waals surface area contributed by atoms with Crippen LogP contribution in [0, 0.1) is 13.8 Å². The number of rotatable bonds is 2. The molecular weight excluding hydrogens is 307 g/mol. The summed E-state index contributed by atoms with van der Waals surface area (Å²) in [6.45, 7) is 3.26. The second-order valence-electron chi connectivity index (χ2n) is 4.47. The van der Waals surface area contributed by atoms with Crippen molar-refractivity contribution in [3.63, 3.8) is 0 Å². The fourth-order valence-corrected chi connectivity index (χ4v) is 2.01. The first kappa shape index (κ1) is 15.4. The summed E-state index contributed by atoms with van der Waals surface area (Å²) >= 11 is 5.82. The lowest BCUT2D eigenvalue weighted by molar-refractivity contribution is -0.137. The van der Waals surface area contributed by atoms with Crippen LogP contribution in [0.1, 0.15) is 27.4 Å².